The lowest BCUT2D eigenvalue weighted by Crippen LogP contribution is -2.57. The van der Waals surface area contributed by atoms with Gasteiger partial charge in [-0.1, -0.05) is 228 Å². The molecule has 1 aliphatic carbocycles. The number of aryl methyl sites for hydroxylation is 4. The molecule has 2 aliphatic rings. The Bertz CT molecular complexity index is 3630. The molecule has 2 aromatic heterocycles. The molecule has 0 atom stereocenters. The van der Waals surface area contributed by atoms with Crippen molar-refractivity contribution >= 4 is 54.7 Å². The van der Waals surface area contributed by atoms with E-state index in [0.717, 1.165) is 12.8 Å². The topological polar surface area (TPSA) is 4.93 Å². The average Bonchev–Trinajstić information content (AvgIpc) is 3.88. The van der Waals surface area contributed by atoms with Crippen molar-refractivity contribution in [2.45, 2.75) is 157 Å². The molecule has 0 spiro atoms. The zero-order chi connectivity index (χ0) is 51.7. The van der Waals surface area contributed by atoms with Crippen LogP contribution in [0, 0.1) is 13.8 Å². The second kappa shape index (κ2) is 17.3. The van der Waals surface area contributed by atoms with E-state index >= 15 is 0 Å². The van der Waals surface area contributed by atoms with Crippen LogP contribution >= 0.6 is 11.3 Å². The Labute approximate surface area is 442 Å². The summed E-state index contributed by atoms with van der Waals surface area (Å²) in [6.45, 7) is 35.7. The molecule has 3 heterocycles. The van der Waals surface area contributed by atoms with Gasteiger partial charge in [0.15, 0.2) is 0 Å². The van der Waals surface area contributed by atoms with Crippen LogP contribution in [0.15, 0.2) is 140 Å². The Morgan fingerprint density at radius 1 is 0.548 bits per heavy atom. The van der Waals surface area contributed by atoms with Crippen LogP contribution in [-0.2, 0) is 39.9 Å². The van der Waals surface area contributed by atoms with Crippen molar-refractivity contribution in [3.63, 3.8) is 0 Å². The van der Waals surface area contributed by atoms with Gasteiger partial charge in [-0.05, 0) is 156 Å². The number of hydrogen-bond acceptors (Lipinski definition) is 1. The normalized spacial score (nSPS) is 15.2. The quantitative estimate of drug-likeness (QED) is 0.140. The number of rotatable bonds is 7. The summed E-state index contributed by atoms with van der Waals surface area (Å²) in [5.74, 6) is 0. The molecule has 3 heteroatoms. The van der Waals surface area contributed by atoms with Gasteiger partial charge in [-0.2, -0.15) is 0 Å². The van der Waals surface area contributed by atoms with Gasteiger partial charge >= 0.3 is 0 Å². The lowest BCUT2D eigenvalue weighted by Gasteiger charge is -2.42. The van der Waals surface area contributed by atoms with E-state index in [4.69, 9.17) is 0 Å². The maximum absolute atomic E-state index is 2.73. The number of aromatic nitrogens is 1. The Kier molecular flexibility index (Phi) is 11.7. The fourth-order valence-electron chi connectivity index (χ4n) is 13.0. The second-order valence-corrected chi connectivity index (χ2v) is 27.5. The zero-order valence-electron chi connectivity index (χ0n) is 46.5. The maximum Gasteiger partial charge on any atom is 0.277 e. The minimum Gasteiger partial charge on any atom is -0.320 e. The molecule has 9 aromatic rings. The number of benzene rings is 7. The van der Waals surface area contributed by atoms with Crippen molar-refractivity contribution in [3.8, 4) is 39.2 Å². The summed E-state index contributed by atoms with van der Waals surface area (Å²) in [5, 5.41) is 4.11. The minimum atomic E-state index is -0.0776. The monoisotopic (exact) mass is 974 g/mol. The summed E-state index contributed by atoms with van der Waals surface area (Å²) in [7, 11) is 0. The van der Waals surface area contributed by atoms with Gasteiger partial charge in [0.05, 0.1) is 5.69 Å². The van der Waals surface area contributed by atoms with Crippen LogP contribution in [-0.4, -0.2) is 11.3 Å². The van der Waals surface area contributed by atoms with Gasteiger partial charge in [-0.3, -0.25) is 0 Å². The van der Waals surface area contributed by atoms with Crippen LogP contribution in [0.3, 0.4) is 0 Å². The summed E-state index contributed by atoms with van der Waals surface area (Å²) in [5.41, 5.74) is 25.0. The third-order valence-corrected chi connectivity index (χ3v) is 18.4. The Morgan fingerprint density at radius 2 is 1.18 bits per heavy atom. The van der Waals surface area contributed by atoms with E-state index in [1.54, 1.807) is 0 Å². The highest BCUT2D eigenvalue weighted by Crippen LogP contribution is 2.49. The van der Waals surface area contributed by atoms with E-state index in [1.807, 2.05) is 0 Å². The van der Waals surface area contributed by atoms with Crippen molar-refractivity contribution < 1.29 is 0 Å². The van der Waals surface area contributed by atoms with Crippen molar-refractivity contribution in [1.29, 1.82) is 0 Å². The van der Waals surface area contributed by atoms with Crippen LogP contribution in [0.1, 0.15) is 153 Å². The molecular formula is C70H76BNS. The molecule has 1 aliphatic heterocycles. The molecular weight excluding hydrogens is 898 g/mol. The van der Waals surface area contributed by atoms with E-state index in [-0.39, 0.29) is 33.8 Å². The molecule has 0 bridgehead atoms. The van der Waals surface area contributed by atoms with Crippen LogP contribution < -0.4 is 15.8 Å². The largest absolute Gasteiger partial charge is 0.320 e. The smallest absolute Gasteiger partial charge is 0.277 e. The molecule has 370 valence electrons. The first-order valence-electron chi connectivity index (χ1n) is 27.2. The van der Waals surface area contributed by atoms with Gasteiger partial charge in [0.25, 0.3) is 6.71 Å². The van der Waals surface area contributed by atoms with E-state index < -0.39 is 0 Å². The van der Waals surface area contributed by atoms with Crippen molar-refractivity contribution in [2.24, 2.45) is 0 Å². The van der Waals surface area contributed by atoms with Crippen LogP contribution in [0.2, 0.25) is 0 Å². The maximum atomic E-state index is 2.73. The van der Waals surface area contributed by atoms with Crippen molar-refractivity contribution in [3.05, 3.63) is 190 Å². The minimum absolute atomic E-state index is 0.0202. The molecule has 0 unspecified atom stereocenters. The zero-order valence-corrected chi connectivity index (χ0v) is 47.4. The molecule has 0 saturated carbocycles. The van der Waals surface area contributed by atoms with Crippen LogP contribution in [0.5, 0.6) is 0 Å². The predicted octanol–water partition coefficient (Wildman–Crippen LogP) is 17.3. The number of thiophene rings is 1. The SMILES string of the molecule is Cc1cc(C)c2c(c1)-c1cccc3c(-c4ccccc4C(C)(C)C)n(-c4ccc(C(C)(C)C)cc4)c(c13)B2c1sc2cc(C(C)(C)C)ccc2c1CCc1cc2c(cc1-c1ccccc1)C(C)(C)CCC2(C)C. The molecule has 0 radical (unpaired) electrons. The fourth-order valence-corrected chi connectivity index (χ4v) is 14.4. The molecule has 0 N–H and O–H groups in total. The molecule has 1 nitrogen and oxygen atoms in total. The van der Waals surface area contributed by atoms with E-state index in [2.05, 4.69) is 259 Å². The highest BCUT2D eigenvalue weighted by atomic mass is 32.1. The number of nitrogens with zero attached hydrogens (tertiary/aromatic N) is 1. The molecule has 7 aromatic carbocycles. The van der Waals surface area contributed by atoms with Crippen molar-refractivity contribution in [1.82, 2.24) is 4.57 Å². The third kappa shape index (κ3) is 8.37. The van der Waals surface area contributed by atoms with Gasteiger partial charge in [-0.15, -0.1) is 11.3 Å². The molecule has 73 heavy (non-hydrogen) atoms. The summed E-state index contributed by atoms with van der Waals surface area (Å²) >= 11 is 2.06. The second-order valence-electron chi connectivity index (χ2n) is 26.5. The Hall–Kier alpha value is -5.90. The standard InChI is InChI=1S/C70H76BNS/c1-43-38-44(2)62-56(39-43)51-25-21-26-54-61(51)64(72(49-32-29-47(30-33-49)66(3,4)5)63(54)53-24-19-20-27-57(53)68(9,10)11)71(62)65-52(50-35-31-48(67(6,7)8)41-60(50)73-65)34-28-46-40-58-59(70(14,15)37-36-69(58,12)13)42-55(46)45-22-17-16-18-23-45/h16-27,29-33,35,38-42H,28,34,36-37H2,1-15H3. The molecule has 0 saturated heterocycles. The predicted molar refractivity (Wildman–Crippen MR) is 321 cm³/mol. The first kappa shape index (κ1) is 49.3. The molecule has 11 rings (SSSR count). The lowest BCUT2D eigenvalue weighted by atomic mass is 9.36. The van der Waals surface area contributed by atoms with Crippen LogP contribution in [0.25, 0.3) is 60.1 Å². The van der Waals surface area contributed by atoms with Gasteiger partial charge in [-0.25, -0.2) is 0 Å². The Balaban J connectivity index is 1.23. The summed E-state index contributed by atoms with van der Waals surface area (Å²) in [6.07, 6.45) is 4.29. The molecule has 0 amide bonds. The highest BCUT2D eigenvalue weighted by Gasteiger charge is 2.42. The van der Waals surface area contributed by atoms with E-state index in [0.29, 0.717) is 0 Å². The number of hydrogen-bond donors (Lipinski definition) is 0. The van der Waals surface area contributed by atoms with Crippen molar-refractivity contribution in [2.75, 3.05) is 0 Å². The lowest BCUT2D eigenvalue weighted by molar-refractivity contribution is 0.331. The summed E-state index contributed by atoms with van der Waals surface area (Å²) in [6, 6.07) is 54.9. The fraction of sp³-hybridized carbons (Fsp3) is 0.343. The third-order valence-electron chi connectivity index (χ3n) is 17.2. The Morgan fingerprint density at radius 3 is 1.85 bits per heavy atom. The summed E-state index contributed by atoms with van der Waals surface area (Å²) in [4.78, 5) is 0. The van der Waals surface area contributed by atoms with E-state index in [1.165, 1.54) is 139 Å². The highest BCUT2D eigenvalue weighted by molar-refractivity contribution is 7.32. The first-order chi connectivity index (χ1) is 34.4. The number of fused-ring (bicyclic) bond motifs is 4. The van der Waals surface area contributed by atoms with Gasteiger partial charge in [0.1, 0.15) is 0 Å². The van der Waals surface area contributed by atoms with Crippen LogP contribution in [0.4, 0.5) is 0 Å². The average molecular weight is 974 g/mol. The first-order valence-corrected chi connectivity index (χ1v) is 28.0. The van der Waals surface area contributed by atoms with Gasteiger partial charge < -0.3 is 4.57 Å². The van der Waals surface area contributed by atoms with Gasteiger partial charge in [0.2, 0.25) is 0 Å². The summed E-state index contributed by atoms with van der Waals surface area (Å²) < 4.78 is 5.60. The van der Waals surface area contributed by atoms with E-state index in [9.17, 15) is 0 Å². The van der Waals surface area contributed by atoms with Gasteiger partial charge in [0, 0.05) is 32.3 Å². The molecule has 0 fully saturated rings.